The first kappa shape index (κ1) is 11.6. The average molecular weight is 236 g/mol. The van der Waals surface area contributed by atoms with Gasteiger partial charge in [-0.1, -0.05) is 0 Å². The van der Waals surface area contributed by atoms with E-state index in [1.54, 1.807) is 6.07 Å². The van der Waals surface area contributed by atoms with E-state index in [0.717, 1.165) is 19.4 Å². The second-order valence-corrected chi connectivity index (χ2v) is 4.08. The summed E-state index contributed by atoms with van der Waals surface area (Å²) in [5.41, 5.74) is 5.93. The second-order valence-electron chi connectivity index (χ2n) is 4.08. The van der Waals surface area contributed by atoms with Crippen LogP contribution in [0.1, 0.15) is 19.8 Å². The third-order valence-corrected chi connectivity index (χ3v) is 2.45. The maximum absolute atomic E-state index is 11.2. The monoisotopic (exact) mass is 236 g/mol. The van der Waals surface area contributed by atoms with Crippen molar-refractivity contribution < 1.29 is 0 Å². The number of hydrogen-bond acceptors (Lipinski definition) is 5. The first-order valence-corrected chi connectivity index (χ1v) is 5.59. The molecule has 2 heterocycles. The van der Waals surface area contributed by atoms with Crippen LogP contribution in [0, 0.1) is 0 Å². The largest absolute Gasteiger partial charge is 0.370 e. The van der Waals surface area contributed by atoms with Gasteiger partial charge in [-0.3, -0.25) is 0 Å². The van der Waals surface area contributed by atoms with Gasteiger partial charge in [-0.25, -0.2) is 19.3 Å². The highest BCUT2D eigenvalue weighted by molar-refractivity contribution is 5.48. The van der Waals surface area contributed by atoms with Gasteiger partial charge in [0.05, 0.1) is 0 Å². The quantitative estimate of drug-likeness (QED) is 0.632. The maximum atomic E-state index is 11.2. The Hall–Kier alpha value is -1.89. The number of nitrogens with zero attached hydrogens (tertiary/aromatic N) is 3. The van der Waals surface area contributed by atoms with E-state index in [4.69, 9.17) is 5.73 Å². The standard InChI is InChI=1S/C10H16N6O/c1-7(11)3-2-4-12-8-5-9-14-15-10(17)16(9)6-13-8/h5-7,12H,2-4,11H2,1H3,(H,15,17). The van der Waals surface area contributed by atoms with Gasteiger partial charge in [-0.05, 0) is 19.8 Å². The third kappa shape index (κ3) is 2.82. The van der Waals surface area contributed by atoms with Crippen LogP contribution in [0.5, 0.6) is 0 Å². The third-order valence-electron chi connectivity index (χ3n) is 2.45. The fourth-order valence-electron chi connectivity index (χ4n) is 1.55. The number of H-pyrrole nitrogens is 1. The molecule has 1 unspecified atom stereocenters. The van der Waals surface area contributed by atoms with Gasteiger partial charge in [0.2, 0.25) is 0 Å². The van der Waals surface area contributed by atoms with Crippen LogP contribution in [0.2, 0.25) is 0 Å². The van der Waals surface area contributed by atoms with Gasteiger partial charge >= 0.3 is 5.69 Å². The first-order valence-electron chi connectivity index (χ1n) is 5.59. The summed E-state index contributed by atoms with van der Waals surface area (Å²) in [6.45, 7) is 2.79. The summed E-state index contributed by atoms with van der Waals surface area (Å²) in [5.74, 6) is 0.709. The Morgan fingerprint density at radius 3 is 3.24 bits per heavy atom. The van der Waals surface area contributed by atoms with E-state index in [1.165, 1.54) is 10.7 Å². The summed E-state index contributed by atoms with van der Waals surface area (Å²) < 4.78 is 1.35. The molecule has 0 fully saturated rings. The molecule has 17 heavy (non-hydrogen) atoms. The van der Waals surface area contributed by atoms with Crippen molar-refractivity contribution in [1.82, 2.24) is 19.6 Å². The molecular formula is C10H16N6O. The number of aromatic amines is 1. The first-order chi connectivity index (χ1) is 8.16. The number of aromatic nitrogens is 4. The zero-order valence-corrected chi connectivity index (χ0v) is 9.68. The van der Waals surface area contributed by atoms with E-state index in [1.807, 2.05) is 6.92 Å². The second kappa shape index (κ2) is 4.96. The van der Waals surface area contributed by atoms with Gasteiger partial charge in [-0.2, -0.15) is 5.10 Å². The zero-order valence-electron chi connectivity index (χ0n) is 9.68. The van der Waals surface area contributed by atoms with E-state index in [2.05, 4.69) is 20.5 Å². The van der Waals surface area contributed by atoms with E-state index < -0.39 is 0 Å². The molecular weight excluding hydrogens is 220 g/mol. The van der Waals surface area contributed by atoms with E-state index in [0.29, 0.717) is 11.5 Å². The summed E-state index contributed by atoms with van der Waals surface area (Å²) >= 11 is 0. The number of nitrogens with two attached hydrogens (primary N) is 1. The van der Waals surface area contributed by atoms with Crippen molar-refractivity contribution in [2.45, 2.75) is 25.8 Å². The smallest absolute Gasteiger partial charge is 0.348 e. The maximum Gasteiger partial charge on any atom is 0.348 e. The summed E-state index contributed by atoms with van der Waals surface area (Å²) in [7, 11) is 0. The Bertz CT molecular complexity index is 543. The number of nitrogens with one attached hydrogen (secondary N) is 2. The molecule has 0 saturated carbocycles. The van der Waals surface area contributed by atoms with Gasteiger partial charge in [0.15, 0.2) is 5.65 Å². The van der Waals surface area contributed by atoms with Crippen molar-refractivity contribution in [3.05, 3.63) is 22.9 Å². The minimum Gasteiger partial charge on any atom is -0.370 e. The fourth-order valence-corrected chi connectivity index (χ4v) is 1.55. The molecule has 0 bridgehead atoms. The van der Waals surface area contributed by atoms with Crippen molar-refractivity contribution in [2.75, 3.05) is 11.9 Å². The van der Waals surface area contributed by atoms with E-state index in [9.17, 15) is 4.79 Å². The van der Waals surface area contributed by atoms with Crippen LogP contribution in [0.4, 0.5) is 5.82 Å². The van der Waals surface area contributed by atoms with Gasteiger partial charge < -0.3 is 11.1 Å². The molecule has 2 aromatic rings. The summed E-state index contributed by atoms with van der Waals surface area (Å²) in [4.78, 5) is 15.3. The lowest BCUT2D eigenvalue weighted by Crippen LogP contribution is -2.16. The number of anilines is 1. The number of fused-ring (bicyclic) bond motifs is 1. The Morgan fingerprint density at radius 1 is 1.65 bits per heavy atom. The average Bonchev–Trinajstić information content (AvgIpc) is 2.66. The molecule has 2 aromatic heterocycles. The summed E-state index contributed by atoms with van der Waals surface area (Å²) in [6.07, 6.45) is 3.41. The molecule has 92 valence electrons. The van der Waals surface area contributed by atoms with Crippen molar-refractivity contribution in [1.29, 1.82) is 0 Å². The van der Waals surface area contributed by atoms with Crippen LogP contribution in [0.25, 0.3) is 5.65 Å². The minimum atomic E-state index is -0.281. The van der Waals surface area contributed by atoms with Crippen molar-refractivity contribution in [3.63, 3.8) is 0 Å². The number of hydrogen-bond donors (Lipinski definition) is 3. The predicted molar refractivity (Wildman–Crippen MR) is 65.0 cm³/mol. The predicted octanol–water partition coefficient (Wildman–Crippen LogP) is -0.0431. The lowest BCUT2D eigenvalue weighted by molar-refractivity contribution is 0.639. The fraction of sp³-hybridized carbons (Fsp3) is 0.500. The lowest BCUT2D eigenvalue weighted by Gasteiger charge is -2.06. The summed E-state index contributed by atoms with van der Waals surface area (Å²) in [6, 6.07) is 1.95. The van der Waals surface area contributed by atoms with Crippen molar-refractivity contribution >= 4 is 11.5 Å². The molecule has 0 amide bonds. The van der Waals surface area contributed by atoms with Crippen molar-refractivity contribution in [3.8, 4) is 0 Å². The normalized spacial score (nSPS) is 12.8. The highest BCUT2D eigenvalue weighted by Gasteiger charge is 2.01. The van der Waals surface area contributed by atoms with Crippen LogP contribution in [-0.4, -0.2) is 32.2 Å². The molecule has 0 saturated heterocycles. The van der Waals surface area contributed by atoms with E-state index >= 15 is 0 Å². The molecule has 0 aromatic carbocycles. The number of rotatable bonds is 5. The zero-order chi connectivity index (χ0) is 12.3. The minimum absolute atomic E-state index is 0.220. The molecule has 0 spiro atoms. The van der Waals surface area contributed by atoms with Gasteiger partial charge in [-0.15, -0.1) is 0 Å². The molecule has 7 nitrogen and oxygen atoms in total. The molecule has 2 rings (SSSR count). The Labute approximate surface area is 98.1 Å². The van der Waals surface area contributed by atoms with Gasteiger partial charge in [0, 0.05) is 18.7 Å². The Kier molecular flexibility index (Phi) is 3.38. The molecule has 0 radical (unpaired) electrons. The van der Waals surface area contributed by atoms with Crippen molar-refractivity contribution in [2.24, 2.45) is 5.73 Å². The highest BCUT2D eigenvalue weighted by atomic mass is 16.1. The van der Waals surface area contributed by atoms with Crippen LogP contribution in [0.3, 0.4) is 0 Å². The topological polar surface area (TPSA) is 101 Å². The van der Waals surface area contributed by atoms with Crippen LogP contribution in [0.15, 0.2) is 17.2 Å². The van der Waals surface area contributed by atoms with Gasteiger partial charge in [0.1, 0.15) is 12.1 Å². The molecule has 0 aliphatic carbocycles. The molecule has 1 atom stereocenters. The van der Waals surface area contributed by atoms with E-state index in [-0.39, 0.29) is 11.7 Å². The van der Waals surface area contributed by atoms with Crippen LogP contribution < -0.4 is 16.7 Å². The van der Waals surface area contributed by atoms with Crippen LogP contribution >= 0.6 is 0 Å². The molecule has 0 aliphatic heterocycles. The SMILES string of the molecule is CC(N)CCCNc1cc2n[nH]c(=O)n2cn1. The highest BCUT2D eigenvalue weighted by Crippen LogP contribution is 2.04. The molecule has 0 aliphatic rings. The Balaban J connectivity index is 1.97. The van der Waals surface area contributed by atoms with Crippen LogP contribution in [-0.2, 0) is 0 Å². The van der Waals surface area contributed by atoms with Gasteiger partial charge in [0.25, 0.3) is 0 Å². The molecule has 7 heteroatoms. The molecule has 4 N–H and O–H groups in total. The Morgan fingerprint density at radius 2 is 2.47 bits per heavy atom. The lowest BCUT2D eigenvalue weighted by atomic mass is 10.2. The summed E-state index contributed by atoms with van der Waals surface area (Å²) in [5, 5.41) is 9.39.